The van der Waals surface area contributed by atoms with E-state index in [2.05, 4.69) is 5.32 Å². The van der Waals surface area contributed by atoms with Crippen molar-refractivity contribution >= 4 is 27.5 Å². The van der Waals surface area contributed by atoms with E-state index in [1.54, 1.807) is 19.2 Å². The van der Waals surface area contributed by atoms with Crippen LogP contribution in [-0.2, 0) is 34.3 Å². The number of rotatable bonds is 11. The van der Waals surface area contributed by atoms with Crippen molar-refractivity contribution in [2.75, 3.05) is 20.2 Å². The van der Waals surface area contributed by atoms with Gasteiger partial charge in [0.2, 0.25) is 15.9 Å². The fourth-order valence-corrected chi connectivity index (χ4v) is 5.12. The van der Waals surface area contributed by atoms with E-state index in [1.165, 1.54) is 12.1 Å². The maximum atomic E-state index is 13.4. The average Bonchev–Trinajstić information content (AvgIpc) is 2.85. The van der Waals surface area contributed by atoms with Gasteiger partial charge in [-0.05, 0) is 47.4 Å². The van der Waals surface area contributed by atoms with Gasteiger partial charge in [0.25, 0.3) is 0 Å². The fourth-order valence-electron chi connectivity index (χ4n) is 3.43. The molecule has 0 aliphatic carbocycles. The number of hydrogen-bond acceptors (Lipinski definition) is 5. The van der Waals surface area contributed by atoms with E-state index in [-0.39, 0.29) is 24.5 Å². The number of benzene rings is 3. The van der Waals surface area contributed by atoms with Crippen LogP contribution in [0.2, 0.25) is 5.02 Å². The number of halogens is 1. The van der Waals surface area contributed by atoms with Gasteiger partial charge in [0.05, 0.1) is 18.6 Å². The van der Waals surface area contributed by atoms with Crippen molar-refractivity contribution in [2.24, 2.45) is 5.73 Å². The summed E-state index contributed by atoms with van der Waals surface area (Å²) in [6, 6.07) is 20.9. The molecule has 7 nitrogen and oxygen atoms in total. The molecular formula is C25H28ClN3O4S. The smallest absolute Gasteiger partial charge is 0.243 e. The van der Waals surface area contributed by atoms with Crippen LogP contribution in [0.4, 0.5) is 0 Å². The van der Waals surface area contributed by atoms with Crippen LogP contribution in [-0.4, -0.2) is 38.8 Å². The van der Waals surface area contributed by atoms with Crippen LogP contribution in [0, 0.1) is 0 Å². The number of nitrogens with zero attached hydrogens (tertiary/aromatic N) is 1. The first-order chi connectivity index (χ1) is 16.3. The van der Waals surface area contributed by atoms with E-state index in [9.17, 15) is 13.2 Å². The summed E-state index contributed by atoms with van der Waals surface area (Å²) < 4.78 is 33.3. The molecular weight excluding hydrogens is 474 g/mol. The minimum absolute atomic E-state index is 0.0326. The van der Waals surface area contributed by atoms with E-state index in [0.29, 0.717) is 23.7 Å². The molecule has 0 saturated carbocycles. The molecule has 0 unspecified atom stereocenters. The number of nitrogens with one attached hydrogen (secondary N) is 1. The van der Waals surface area contributed by atoms with E-state index in [1.807, 2.05) is 48.5 Å². The zero-order valence-electron chi connectivity index (χ0n) is 18.9. The Morgan fingerprint density at radius 1 is 1.03 bits per heavy atom. The molecule has 180 valence electrons. The number of methoxy groups -OCH3 is 1. The summed E-state index contributed by atoms with van der Waals surface area (Å²) in [6.45, 7) is 0.481. The molecule has 0 aromatic heterocycles. The first-order valence-corrected chi connectivity index (χ1v) is 12.6. The molecule has 1 amide bonds. The van der Waals surface area contributed by atoms with Crippen LogP contribution < -0.4 is 15.8 Å². The Hall–Kier alpha value is -2.91. The number of amides is 1. The van der Waals surface area contributed by atoms with Crippen molar-refractivity contribution in [2.45, 2.75) is 24.4 Å². The lowest BCUT2D eigenvalue weighted by molar-refractivity contribution is -0.121. The lowest BCUT2D eigenvalue weighted by Gasteiger charge is -2.22. The molecule has 3 N–H and O–H groups in total. The van der Waals surface area contributed by atoms with Gasteiger partial charge in [-0.3, -0.25) is 4.79 Å². The van der Waals surface area contributed by atoms with Gasteiger partial charge in [-0.25, -0.2) is 8.42 Å². The summed E-state index contributed by atoms with van der Waals surface area (Å²) in [5.41, 5.74) is 8.34. The highest BCUT2D eigenvalue weighted by Gasteiger charge is 2.27. The van der Waals surface area contributed by atoms with Crippen LogP contribution in [0.1, 0.15) is 16.7 Å². The quantitative estimate of drug-likeness (QED) is 0.419. The highest BCUT2D eigenvalue weighted by molar-refractivity contribution is 7.89. The van der Waals surface area contributed by atoms with Crippen molar-refractivity contribution in [3.05, 3.63) is 94.5 Å². The second kappa shape index (κ2) is 12.0. The Kier molecular flexibility index (Phi) is 9.06. The van der Waals surface area contributed by atoms with Crippen molar-refractivity contribution in [3.8, 4) is 5.75 Å². The van der Waals surface area contributed by atoms with E-state index >= 15 is 0 Å². The molecule has 0 bridgehead atoms. The lowest BCUT2D eigenvalue weighted by atomic mass is 10.1. The summed E-state index contributed by atoms with van der Waals surface area (Å²) >= 11 is 6.03. The Balaban J connectivity index is 1.76. The largest absolute Gasteiger partial charge is 0.496 e. The molecule has 3 aromatic carbocycles. The third-order valence-corrected chi connectivity index (χ3v) is 7.40. The predicted molar refractivity (Wildman–Crippen MR) is 133 cm³/mol. The lowest BCUT2D eigenvalue weighted by Crippen LogP contribution is -2.41. The molecule has 0 heterocycles. The van der Waals surface area contributed by atoms with Crippen molar-refractivity contribution in [1.29, 1.82) is 0 Å². The van der Waals surface area contributed by atoms with Gasteiger partial charge in [0.1, 0.15) is 5.75 Å². The van der Waals surface area contributed by atoms with Crippen LogP contribution in [0.5, 0.6) is 5.75 Å². The van der Waals surface area contributed by atoms with E-state index < -0.39 is 15.9 Å². The van der Waals surface area contributed by atoms with Gasteiger partial charge in [0.15, 0.2) is 0 Å². The minimum Gasteiger partial charge on any atom is -0.496 e. The van der Waals surface area contributed by atoms with Crippen molar-refractivity contribution in [3.63, 3.8) is 0 Å². The Morgan fingerprint density at radius 2 is 1.74 bits per heavy atom. The molecule has 0 aliphatic heterocycles. The number of para-hydroxylation sites is 1. The molecule has 3 rings (SSSR count). The number of nitrogens with two attached hydrogens (primary N) is 1. The number of sulfonamides is 1. The van der Waals surface area contributed by atoms with Crippen LogP contribution in [0.25, 0.3) is 0 Å². The molecule has 34 heavy (non-hydrogen) atoms. The van der Waals surface area contributed by atoms with Crippen LogP contribution in [0.15, 0.2) is 77.7 Å². The number of ether oxygens (including phenoxy) is 1. The van der Waals surface area contributed by atoms with Gasteiger partial charge in [-0.15, -0.1) is 0 Å². The Bertz CT molecular complexity index is 1220. The maximum absolute atomic E-state index is 13.4. The number of hydrogen-bond donors (Lipinski definition) is 2. The summed E-state index contributed by atoms with van der Waals surface area (Å²) in [4.78, 5) is 12.8. The van der Waals surface area contributed by atoms with Crippen molar-refractivity contribution < 1.29 is 17.9 Å². The molecule has 0 aliphatic rings. The van der Waals surface area contributed by atoms with Crippen LogP contribution >= 0.6 is 11.6 Å². The normalized spacial score (nSPS) is 11.4. The Labute approximate surface area is 205 Å². The zero-order valence-corrected chi connectivity index (χ0v) is 20.5. The summed E-state index contributed by atoms with van der Waals surface area (Å²) in [7, 11) is -2.40. The molecule has 0 radical (unpaired) electrons. The van der Waals surface area contributed by atoms with E-state index in [0.717, 1.165) is 21.0 Å². The highest BCUT2D eigenvalue weighted by Crippen LogP contribution is 2.22. The highest BCUT2D eigenvalue weighted by atomic mass is 35.5. The topological polar surface area (TPSA) is 102 Å². The second-order valence-corrected chi connectivity index (χ2v) is 10.0. The van der Waals surface area contributed by atoms with E-state index in [4.69, 9.17) is 22.1 Å². The number of carbonyl (C=O) groups is 1. The van der Waals surface area contributed by atoms with Gasteiger partial charge in [0, 0.05) is 24.7 Å². The molecule has 3 aromatic rings. The third kappa shape index (κ3) is 6.80. The molecule has 0 spiro atoms. The predicted octanol–water partition coefficient (Wildman–Crippen LogP) is 3.36. The van der Waals surface area contributed by atoms with Gasteiger partial charge < -0.3 is 15.8 Å². The first-order valence-electron chi connectivity index (χ1n) is 10.8. The van der Waals surface area contributed by atoms with Crippen molar-refractivity contribution in [1.82, 2.24) is 9.62 Å². The third-order valence-electron chi connectivity index (χ3n) is 5.33. The molecule has 0 saturated heterocycles. The SMILES string of the molecule is COc1ccccc1CCN(CC(=O)NCc1ccc(CN)cc1)S(=O)(=O)c1cccc(Cl)c1. The molecule has 0 atom stereocenters. The Morgan fingerprint density at radius 3 is 2.41 bits per heavy atom. The summed E-state index contributed by atoms with van der Waals surface area (Å²) in [6.07, 6.45) is 0.373. The maximum Gasteiger partial charge on any atom is 0.243 e. The van der Waals surface area contributed by atoms with Gasteiger partial charge >= 0.3 is 0 Å². The van der Waals surface area contributed by atoms with Gasteiger partial charge in [-0.1, -0.05) is 60.1 Å². The molecule has 9 heteroatoms. The van der Waals surface area contributed by atoms with Crippen LogP contribution in [0.3, 0.4) is 0 Å². The second-order valence-electron chi connectivity index (χ2n) is 7.66. The van der Waals surface area contributed by atoms with Gasteiger partial charge in [-0.2, -0.15) is 4.31 Å². The standard InChI is InChI=1S/C25H28ClN3O4S/c1-33-24-8-3-2-5-21(24)13-14-29(34(31,32)23-7-4-6-22(26)15-23)18-25(30)28-17-20-11-9-19(16-27)10-12-20/h2-12,15H,13-14,16-18,27H2,1H3,(H,28,30). The monoisotopic (exact) mass is 501 g/mol. The first kappa shape index (κ1) is 25.7. The zero-order chi connectivity index (χ0) is 24.6. The molecule has 0 fully saturated rings. The summed E-state index contributed by atoms with van der Waals surface area (Å²) in [5, 5.41) is 3.10. The minimum atomic E-state index is -3.97. The average molecular weight is 502 g/mol. The fraction of sp³-hybridized carbons (Fsp3) is 0.240. The summed E-state index contributed by atoms with van der Waals surface area (Å²) in [5.74, 6) is 0.251. The number of carbonyl (C=O) groups excluding carboxylic acids is 1.